The molecule has 0 aromatic heterocycles. The van der Waals surface area contributed by atoms with Crippen LogP contribution < -0.4 is 0 Å². The van der Waals surface area contributed by atoms with E-state index in [1.54, 1.807) is 0 Å². The summed E-state index contributed by atoms with van der Waals surface area (Å²) in [5, 5.41) is 27.3. The predicted octanol–water partition coefficient (Wildman–Crippen LogP) is 0.424. The van der Waals surface area contributed by atoms with Crippen LogP contribution in [0.15, 0.2) is 24.3 Å². The molecule has 78 valence electrons. The molecule has 3 heteroatoms. The van der Waals surface area contributed by atoms with Crippen LogP contribution in [0.25, 0.3) is 0 Å². The second-order valence-corrected chi connectivity index (χ2v) is 3.45. The lowest BCUT2D eigenvalue weighted by Crippen LogP contribution is -2.25. The van der Waals surface area contributed by atoms with Gasteiger partial charge in [0, 0.05) is 5.92 Å². The molecule has 0 spiro atoms. The highest BCUT2D eigenvalue weighted by atomic mass is 16.3. The summed E-state index contributed by atoms with van der Waals surface area (Å²) in [7, 11) is 0. The zero-order valence-electron chi connectivity index (χ0n) is 8.22. The number of rotatable bonds is 4. The van der Waals surface area contributed by atoms with Gasteiger partial charge in [0.1, 0.15) is 0 Å². The van der Waals surface area contributed by atoms with E-state index < -0.39 is 12.0 Å². The van der Waals surface area contributed by atoms with Crippen molar-refractivity contribution in [3.05, 3.63) is 35.4 Å². The van der Waals surface area contributed by atoms with E-state index >= 15 is 0 Å². The molecule has 0 aliphatic heterocycles. The zero-order valence-corrected chi connectivity index (χ0v) is 8.22. The molecule has 0 radical (unpaired) electrons. The predicted molar refractivity (Wildman–Crippen MR) is 54.1 cm³/mol. The van der Waals surface area contributed by atoms with E-state index in [4.69, 9.17) is 10.2 Å². The molecule has 0 heterocycles. The molecule has 2 atom stereocenters. The monoisotopic (exact) mass is 196 g/mol. The van der Waals surface area contributed by atoms with Gasteiger partial charge >= 0.3 is 0 Å². The number of aliphatic hydroxyl groups excluding tert-OH is 3. The largest absolute Gasteiger partial charge is 0.396 e. The number of hydrogen-bond acceptors (Lipinski definition) is 3. The van der Waals surface area contributed by atoms with Crippen molar-refractivity contribution in [1.82, 2.24) is 0 Å². The Hall–Kier alpha value is -0.900. The van der Waals surface area contributed by atoms with Gasteiger partial charge in [0.05, 0.1) is 19.3 Å². The summed E-state index contributed by atoms with van der Waals surface area (Å²) >= 11 is 0. The molecule has 3 nitrogen and oxygen atoms in total. The van der Waals surface area contributed by atoms with Crippen molar-refractivity contribution in [2.45, 2.75) is 18.9 Å². The standard InChI is InChI=1S/C11H16O3/c1-8-2-4-9(5-3-8)10(6-12)11(14)7-13/h2-5,10-14H,6-7H2,1H3. The summed E-state index contributed by atoms with van der Waals surface area (Å²) in [5.74, 6) is -0.402. The van der Waals surface area contributed by atoms with Gasteiger partial charge in [-0.15, -0.1) is 0 Å². The third-order valence-electron chi connectivity index (χ3n) is 2.35. The van der Waals surface area contributed by atoms with Crippen LogP contribution in [0.5, 0.6) is 0 Å². The maximum absolute atomic E-state index is 9.43. The molecule has 14 heavy (non-hydrogen) atoms. The van der Waals surface area contributed by atoms with Gasteiger partial charge in [-0.2, -0.15) is 0 Å². The van der Waals surface area contributed by atoms with Crippen molar-refractivity contribution in [3.8, 4) is 0 Å². The fourth-order valence-electron chi connectivity index (χ4n) is 1.39. The van der Waals surface area contributed by atoms with Gasteiger partial charge in [-0.05, 0) is 12.5 Å². The first-order valence-corrected chi connectivity index (χ1v) is 4.65. The average Bonchev–Trinajstić information content (AvgIpc) is 2.21. The second-order valence-electron chi connectivity index (χ2n) is 3.45. The first kappa shape index (κ1) is 11.2. The highest BCUT2D eigenvalue weighted by Gasteiger charge is 2.19. The Morgan fingerprint density at radius 2 is 1.64 bits per heavy atom. The number of benzene rings is 1. The minimum absolute atomic E-state index is 0.162. The van der Waals surface area contributed by atoms with Gasteiger partial charge < -0.3 is 15.3 Å². The van der Waals surface area contributed by atoms with Crippen LogP contribution >= 0.6 is 0 Å². The normalized spacial score (nSPS) is 15.1. The van der Waals surface area contributed by atoms with Gasteiger partial charge in [-0.25, -0.2) is 0 Å². The van der Waals surface area contributed by atoms with Crippen molar-refractivity contribution >= 4 is 0 Å². The van der Waals surface area contributed by atoms with Crippen LogP contribution in [0.3, 0.4) is 0 Å². The van der Waals surface area contributed by atoms with Gasteiger partial charge in [-0.1, -0.05) is 29.8 Å². The fourth-order valence-corrected chi connectivity index (χ4v) is 1.39. The summed E-state index contributed by atoms with van der Waals surface area (Å²) in [6, 6.07) is 7.55. The molecule has 0 saturated carbocycles. The van der Waals surface area contributed by atoms with Crippen LogP contribution in [0.2, 0.25) is 0 Å². The maximum atomic E-state index is 9.43. The summed E-state index contributed by atoms with van der Waals surface area (Å²) in [5.41, 5.74) is 1.98. The van der Waals surface area contributed by atoms with Crippen LogP contribution in [-0.4, -0.2) is 34.6 Å². The molecule has 1 aromatic carbocycles. The Morgan fingerprint density at radius 1 is 1.07 bits per heavy atom. The van der Waals surface area contributed by atoms with Crippen LogP contribution in [0.4, 0.5) is 0 Å². The average molecular weight is 196 g/mol. The van der Waals surface area contributed by atoms with Gasteiger partial charge in [0.25, 0.3) is 0 Å². The Bertz CT molecular complexity index is 268. The molecular weight excluding hydrogens is 180 g/mol. The quantitative estimate of drug-likeness (QED) is 0.654. The van der Waals surface area contributed by atoms with Crippen molar-refractivity contribution in [1.29, 1.82) is 0 Å². The first-order chi connectivity index (χ1) is 6.69. The maximum Gasteiger partial charge on any atom is 0.0861 e. The first-order valence-electron chi connectivity index (χ1n) is 4.65. The van der Waals surface area contributed by atoms with Crippen molar-refractivity contribution in [2.24, 2.45) is 0 Å². The van der Waals surface area contributed by atoms with Gasteiger partial charge in [-0.3, -0.25) is 0 Å². The highest BCUT2D eigenvalue weighted by Crippen LogP contribution is 2.19. The van der Waals surface area contributed by atoms with Gasteiger partial charge in [0.2, 0.25) is 0 Å². The highest BCUT2D eigenvalue weighted by molar-refractivity contribution is 5.25. The van der Waals surface area contributed by atoms with E-state index in [1.165, 1.54) is 0 Å². The Morgan fingerprint density at radius 3 is 2.07 bits per heavy atom. The molecule has 2 unspecified atom stereocenters. The molecular formula is C11H16O3. The molecule has 0 amide bonds. The van der Waals surface area contributed by atoms with Gasteiger partial charge in [0.15, 0.2) is 0 Å². The lowest BCUT2D eigenvalue weighted by Gasteiger charge is -2.19. The van der Waals surface area contributed by atoms with E-state index in [0.29, 0.717) is 0 Å². The zero-order chi connectivity index (χ0) is 10.6. The minimum Gasteiger partial charge on any atom is -0.396 e. The smallest absolute Gasteiger partial charge is 0.0861 e. The SMILES string of the molecule is Cc1ccc(C(CO)C(O)CO)cc1. The third kappa shape index (κ3) is 2.54. The summed E-state index contributed by atoms with van der Waals surface area (Å²) in [6.07, 6.45) is -0.900. The molecule has 1 rings (SSSR count). The van der Waals surface area contributed by atoms with E-state index in [1.807, 2.05) is 31.2 Å². The minimum atomic E-state index is -0.900. The molecule has 0 bridgehead atoms. The number of aliphatic hydroxyl groups is 3. The molecule has 0 saturated heterocycles. The van der Waals surface area contributed by atoms with E-state index in [9.17, 15) is 5.11 Å². The van der Waals surface area contributed by atoms with E-state index in [2.05, 4.69) is 0 Å². The topological polar surface area (TPSA) is 60.7 Å². The van der Waals surface area contributed by atoms with Crippen LogP contribution in [0.1, 0.15) is 17.0 Å². The van der Waals surface area contributed by atoms with Crippen LogP contribution in [0, 0.1) is 6.92 Å². The number of hydrogen-bond donors (Lipinski definition) is 3. The molecule has 0 aliphatic carbocycles. The Balaban J connectivity index is 2.84. The second kappa shape index (κ2) is 5.10. The van der Waals surface area contributed by atoms with E-state index in [0.717, 1.165) is 11.1 Å². The molecule has 1 aromatic rings. The lowest BCUT2D eigenvalue weighted by molar-refractivity contribution is 0.0526. The molecule has 0 fully saturated rings. The van der Waals surface area contributed by atoms with Crippen molar-refractivity contribution in [3.63, 3.8) is 0 Å². The summed E-state index contributed by atoms with van der Waals surface area (Å²) in [6.45, 7) is 1.48. The number of aryl methyl sites for hydroxylation is 1. The third-order valence-corrected chi connectivity index (χ3v) is 2.35. The lowest BCUT2D eigenvalue weighted by atomic mass is 9.94. The van der Waals surface area contributed by atoms with E-state index in [-0.39, 0.29) is 13.2 Å². The molecule has 3 N–H and O–H groups in total. The fraction of sp³-hybridized carbons (Fsp3) is 0.455. The molecule has 0 aliphatic rings. The van der Waals surface area contributed by atoms with Crippen molar-refractivity contribution in [2.75, 3.05) is 13.2 Å². The summed E-state index contributed by atoms with van der Waals surface area (Å²) < 4.78 is 0. The van der Waals surface area contributed by atoms with Crippen LogP contribution in [-0.2, 0) is 0 Å². The Kier molecular flexibility index (Phi) is 4.07. The Labute approximate surface area is 83.6 Å². The van der Waals surface area contributed by atoms with Crippen molar-refractivity contribution < 1.29 is 15.3 Å². The summed E-state index contributed by atoms with van der Waals surface area (Å²) in [4.78, 5) is 0.